The second-order valence-electron chi connectivity index (χ2n) is 6.97. The molecule has 0 saturated heterocycles. The van der Waals surface area contributed by atoms with E-state index in [1.807, 2.05) is 0 Å². The van der Waals surface area contributed by atoms with Crippen molar-refractivity contribution in [1.29, 1.82) is 0 Å². The maximum atomic E-state index is 5.45. The summed E-state index contributed by atoms with van der Waals surface area (Å²) in [5.74, 6) is 3.17. The zero-order chi connectivity index (χ0) is 17.7. The van der Waals surface area contributed by atoms with Crippen LogP contribution in [0.15, 0.2) is 36.4 Å². The van der Waals surface area contributed by atoms with Gasteiger partial charge in [0.2, 0.25) is 0 Å². The Labute approximate surface area is 154 Å². The normalized spacial score (nSPS) is 12.9. The summed E-state index contributed by atoms with van der Waals surface area (Å²) in [4.78, 5) is 0. The Morgan fingerprint density at radius 2 is 1.08 bits per heavy atom. The van der Waals surface area contributed by atoms with Crippen LogP contribution in [0.4, 0.5) is 0 Å². The van der Waals surface area contributed by atoms with Crippen molar-refractivity contribution in [2.24, 2.45) is 11.8 Å². The van der Waals surface area contributed by atoms with E-state index in [9.17, 15) is 0 Å². The number of hydrogen-bond donors (Lipinski definition) is 0. The smallest absolute Gasteiger partial charge is 0.122 e. The summed E-state index contributed by atoms with van der Waals surface area (Å²) >= 11 is 0. The minimum atomic E-state index is 0. The Morgan fingerprint density at radius 1 is 0.720 bits per heavy atom. The molecule has 0 amide bonds. The Morgan fingerprint density at radius 3 is 1.40 bits per heavy atom. The lowest BCUT2D eigenvalue weighted by atomic mass is 9.85. The van der Waals surface area contributed by atoms with Crippen molar-refractivity contribution >= 4 is 0 Å². The van der Waals surface area contributed by atoms with Crippen LogP contribution in [0.2, 0.25) is 0 Å². The fourth-order valence-corrected chi connectivity index (χ4v) is 3.13. The van der Waals surface area contributed by atoms with Crippen molar-refractivity contribution < 1.29 is 9.47 Å². The monoisotopic (exact) mass is 342 g/mol. The minimum absolute atomic E-state index is 0. The second-order valence-corrected chi connectivity index (χ2v) is 6.97. The molecule has 2 aromatic rings. The summed E-state index contributed by atoms with van der Waals surface area (Å²) < 4.78 is 10.9. The summed E-state index contributed by atoms with van der Waals surface area (Å²) in [5.41, 5.74) is 5.07. The van der Waals surface area contributed by atoms with Gasteiger partial charge in [-0.05, 0) is 72.9 Å². The first-order valence-corrected chi connectivity index (χ1v) is 8.71. The molecule has 0 aliphatic heterocycles. The minimum Gasteiger partial charge on any atom is -0.496 e. The first kappa shape index (κ1) is 21.1. The second kappa shape index (κ2) is 9.50. The fraction of sp³-hybridized carbons (Fsp3) is 0.478. The van der Waals surface area contributed by atoms with Gasteiger partial charge in [-0.3, -0.25) is 0 Å². The lowest BCUT2D eigenvalue weighted by Gasteiger charge is -2.21. The number of ether oxygens (including phenoxy) is 2. The molecule has 2 nitrogen and oxygen atoms in total. The van der Waals surface area contributed by atoms with Crippen molar-refractivity contribution in [3.63, 3.8) is 0 Å². The first-order chi connectivity index (χ1) is 11.4. The summed E-state index contributed by atoms with van der Waals surface area (Å²) in [6.07, 6.45) is 2.14. The highest BCUT2D eigenvalue weighted by Crippen LogP contribution is 2.27. The molecule has 0 N–H and O–H groups in total. The van der Waals surface area contributed by atoms with Gasteiger partial charge in [-0.15, -0.1) is 0 Å². The SMILES string of the molecule is C.COc1cc(CC(C)C(C)Cc2ccc(C)c(OC)c2)ccc1C. The summed E-state index contributed by atoms with van der Waals surface area (Å²) in [5, 5.41) is 0. The summed E-state index contributed by atoms with van der Waals surface area (Å²) in [7, 11) is 3.48. The number of aryl methyl sites for hydroxylation is 2. The molecule has 2 heteroatoms. The first-order valence-electron chi connectivity index (χ1n) is 8.71. The predicted octanol–water partition coefficient (Wildman–Crippen LogP) is 6.01. The largest absolute Gasteiger partial charge is 0.496 e. The van der Waals surface area contributed by atoms with Crippen LogP contribution in [-0.2, 0) is 12.8 Å². The number of hydrogen-bond acceptors (Lipinski definition) is 2. The van der Waals surface area contributed by atoms with Crippen LogP contribution in [0.3, 0.4) is 0 Å². The van der Waals surface area contributed by atoms with E-state index in [1.165, 1.54) is 22.3 Å². The van der Waals surface area contributed by atoms with Gasteiger partial charge < -0.3 is 9.47 Å². The Balaban J connectivity index is 0.00000312. The van der Waals surface area contributed by atoms with Gasteiger partial charge in [0.25, 0.3) is 0 Å². The van der Waals surface area contributed by atoms with Gasteiger partial charge in [-0.2, -0.15) is 0 Å². The Hall–Kier alpha value is -1.96. The van der Waals surface area contributed by atoms with Gasteiger partial charge in [0.05, 0.1) is 14.2 Å². The highest BCUT2D eigenvalue weighted by molar-refractivity contribution is 5.37. The molecule has 0 aliphatic rings. The summed E-state index contributed by atoms with van der Waals surface area (Å²) in [6, 6.07) is 13.1. The number of methoxy groups -OCH3 is 2. The molecular weight excluding hydrogens is 308 g/mol. The van der Waals surface area contributed by atoms with Gasteiger partial charge in [0.1, 0.15) is 11.5 Å². The maximum absolute atomic E-state index is 5.45. The van der Waals surface area contributed by atoms with E-state index in [2.05, 4.69) is 64.1 Å². The lowest BCUT2D eigenvalue weighted by Crippen LogP contribution is -2.14. The fourth-order valence-electron chi connectivity index (χ4n) is 3.13. The molecule has 2 aromatic carbocycles. The highest BCUT2D eigenvalue weighted by Gasteiger charge is 2.15. The Bertz CT molecular complexity index is 616. The highest BCUT2D eigenvalue weighted by atomic mass is 16.5. The quantitative estimate of drug-likeness (QED) is 0.613. The van der Waals surface area contributed by atoms with Crippen molar-refractivity contribution in [3.05, 3.63) is 58.7 Å². The van der Waals surface area contributed by atoms with Crippen LogP contribution in [0.1, 0.15) is 43.5 Å². The topological polar surface area (TPSA) is 18.5 Å². The number of benzene rings is 2. The molecule has 2 unspecified atom stereocenters. The molecule has 0 bridgehead atoms. The van der Waals surface area contributed by atoms with E-state index >= 15 is 0 Å². The van der Waals surface area contributed by atoms with Gasteiger partial charge in [0.15, 0.2) is 0 Å². The molecular formula is C23H34O2. The molecule has 25 heavy (non-hydrogen) atoms. The van der Waals surface area contributed by atoms with Gasteiger partial charge in [-0.25, -0.2) is 0 Å². The third-order valence-corrected chi connectivity index (χ3v) is 5.03. The molecule has 2 atom stereocenters. The van der Waals surface area contributed by atoms with Crippen molar-refractivity contribution in [2.45, 2.75) is 48.0 Å². The standard InChI is InChI=1S/C22H30O2.CH4/c1-15-7-9-19(13-21(15)23-5)11-17(3)18(4)12-20-10-8-16(2)22(14-20)24-6;/h7-10,13-14,17-18H,11-12H2,1-6H3;1H4. The van der Waals surface area contributed by atoms with Crippen LogP contribution in [0.5, 0.6) is 11.5 Å². The van der Waals surface area contributed by atoms with Crippen molar-refractivity contribution in [2.75, 3.05) is 14.2 Å². The molecule has 0 radical (unpaired) electrons. The molecule has 138 valence electrons. The van der Waals surface area contributed by atoms with E-state index in [0.29, 0.717) is 11.8 Å². The van der Waals surface area contributed by atoms with Gasteiger partial charge in [-0.1, -0.05) is 45.5 Å². The zero-order valence-corrected chi connectivity index (χ0v) is 15.8. The van der Waals surface area contributed by atoms with Crippen LogP contribution < -0.4 is 9.47 Å². The number of rotatable bonds is 7. The van der Waals surface area contributed by atoms with Gasteiger partial charge in [0, 0.05) is 0 Å². The predicted molar refractivity (Wildman–Crippen MR) is 108 cm³/mol. The Kier molecular flexibility index (Phi) is 8.02. The summed E-state index contributed by atoms with van der Waals surface area (Å²) in [6.45, 7) is 8.84. The van der Waals surface area contributed by atoms with Crippen molar-refractivity contribution in [1.82, 2.24) is 0 Å². The molecule has 0 saturated carbocycles. The average molecular weight is 343 g/mol. The van der Waals surface area contributed by atoms with E-state index in [4.69, 9.17) is 9.47 Å². The maximum Gasteiger partial charge on any atom is 0.122 e. The van der Waals surface area contributed by atoms with Crippen LogP contribution in [0.25, 0.3) is 0 Å². The van der Waals surface area contributed by atoms with Crippen molar-refractivity contribution in [3.8, 4) is 11.5 Å². The van der Waals surface area contributed by atoms with Gasteiger partial charge >= 0.3 is 0 Å². The third-order valence-electron chi connectivity index (χ3n) is 5.03. The average Bonchev–Trinajstić information content (AvgIpc) is 2.58. The molecule has 0 fully saturated rings. The van der Waals surface area contributed by atoms with Crippen LogP contribution in [-0.4, -0.2) is 14.2 Å². The van der Waals surface area contributed by atoms with E-state index in [1.54, 1.807) is 14.2 Å². The molecule has 0 spiro atoms. The molecule has 0 heterocycles. The zero-order valence-electron chi connectivity index (χ0n) is 15.8. The lowest BCUT2D eigenvalue weighted by molar-refractivity contribution is 0.379. The molecule has 0 aromatic heterocycles. The van der Waals surface area contributed by atoms with E-state index in [-0.39, 0.29) is 7.43 Å². The molecule has 2 rings (SSSR count). The van der Waals surface area contributed by atoms with E-state index < -0.39 is 0 Å². The van der Waals surface area contributed by atoms with E-state index in [0.717, 1.165) is 24.3 Å². The molecule has 0 aliphatic carbocycles. The van der Waals surface area contributed by atoms with Crippen LogP contribution >= 0.6 is 0 Å². The third kappa shape index (κ3) is 5.52. The van der Waals surface area contributed by atoms with Crippen LogP contribution in [0, 0.1) is 25.7 Å².